The highest BCUT2D eigenvalue weighted by Gasteiger charge is 2.32. The van der Waals surface area contributed by atoms with E-state index in [1.54, 1.807) is 26.8 Å². The topological polar surface area (TPSA) is 96.4 Å². The SMILES string of the molecule is CC(C)(C)OC(=O)Nc1cc(C(F)(F)F)ccc1-c1cc(Nc2cccc3c2CC(O)CC3)ncn1. The summed E-state index contributed by atoms with van der Waals surface area (Å²) < 4.78 is 45.4. The van der Waals surface area contributed by atoms with Crippen LogP contribution >= 0.6 is 0 Å². The number of hydrogen-bond acceptors (Lipinski definition) is 6. The van der Waals surface area contributed by atoms with Gasteiger partial charge in [0.1, 0.15) is 17.7 Å². The summed E-state index contributed by atoms with van der Waals surface area (Å²) in [5.41, 5.74) is 1.66. The Hall–Kier alpha value is -3.66. The quantitative estimate of drug-likeness (QED) is 0.401. The zero-order valence-electron chi connectivity index (χ0n) is 20.1. The number of aromatic nitrogens is 2. The van der Waals surface area contributed by atoms with Gasteiger partial charge in [-0.15, -0.1) is 0 Å². The van der Waals surface area contributed by atoms with Crippen LogP contribution in [0.4, 0.5) is 35.2 Å². The summed E-state index contributed by atoms with van der Waals surface area (Å²) in [5, 5.41) is 15.8. The van der Waals surface area contributed by atoms with E-state index >= 15 is 0 Å². The van der Waals surface area contributed by atoms with Gasteiger partial charge in [0, 0.05) is 23.7 Å². The number of amides is 1. The second-order valence-electron chi connectivity index (χ2n) is 9.64. The highest BCUT2D eigenvalue weighted by atomic mass is 19.4. The van der Waals surface area contributed by atoms with Crippen molar-refractivity contribution in [3.05, 3.63) is 65.5 Å². The lowest BCUT2D eigenvalue weighted by Gasteiger charge is -2.23. The molecular weight excluding hydrogens is 473 g/mol. The molecule has 1 amide bonds. The number of alkyl halides is 3. The number of nitrogens with zero attached hydrogens (tertiary/aromatic N) is 2. The monoisotopic (exact) mass is 500 g/mol. The number of aryl methyl sites for hydroxylation is 1. The van der Waals surface area contributed by atoms with Crippen LogP contribution < -0.4 is 10.6 Å². The van der Waals surface area contributed by atoms with Gasteiger partial charge in [0.05, 0.1) is 23.0 Å². The van der Waals surface area contributed by atoms with Gasteiger partial charge in [-0.2, -0.15) is 13.2 Å². The normalized spacial score (nSPS) is 15.7. The van der Waals surface area contributed by atoms with Gasteiger partial charge in [0.25, 0.3) is 0 Å². The molecule has 36 heavy (non-hydrogen) atoms. The fourth-order valence-corrected chi connectivity index (χ4v) is 4.06. The molecule has 2 aromatic carbocycles. The summed E-state index contributed by atoms with van der Waals surface area (Å²) in [6.07, 6.45) is -2.63. The third kappa shape index (κ3) is 6.12. The third-order valence-electron chi connectivity index (χ3n) is 5.65. The lowest BCUT2D eigenvalue weighted by molar-refractivity contribution is -0.137. The molecule has 7 nitrogen and oxygen atoms in total. The largest absolute Gasteiger partial charge is 0.444 e. The van der Waals surface area contributed by atoms with Crippen LogP contribution in [0.5, 0.6) is 0 Å². The van der Waals surface area contributed by atoms with E-state index in [0.717, 1.165) is 35.4 Å². The zero-order valence-corrected chi connectivity index (χ0v) is 20.1. The van der Waals surface area contributed by atoms with Crippen LogP contribution in [0.2, 0.25) is 0 Å². The molecule has 10 heteroatoms. The van der Waals surface area contributed by atoms with E-state index in [2.05, 4.69) is 20.6 Å². The maximum atomic E-state index is 13.4. The molecule has 3 aromatic rings. The van der Waals surface area contributed by atoms with Crippen LogP contribution in [-0.2, 0) is 23.8 Å². The van der Waals surface area contributed by atoms with Gasteiger partial charge in [0.2, 0.25) is 0 Å². The summed E-state index contributed by atoms with van der Waals surface area (Å²) >= 11 is 0. The molecule has 0 bridgehead atoms. The number of nitrogens with one attached hydrogen (secondary N) is 2. The predicted octanol–water partition coefficient (Wildman–Crippen LogP) is 6.10. The van der Waals surface area contributed by atoms with Crippen LogP contribution in [0.3, 0.4) is 0 Å². The van der Waals surface area contributed by atoms with Crippen molar-refractivity contribution in [1.82, 2.24) is 9.97 Å². The highest BCUT2D eigenvalue weighted by molar-refractivity contribution is 5.91. The number of aliphatic hydroxyl groups is 1. The third-order valence-corrected chi connectivity index (χ3v) is 5.65. The van der Waals surface area contributed by atoms with Gasteiger partial charge in [-0.1, -0.05) is 18.2 Å². The number of halogens is 3. The van der Waals surface area contributed by atoms with Gasteiger partial charge in [0.15, 0.2) is 0 Å². The number of hydrogen-bond donors (Lipinski definition) is 3. The first-order valence-corrected chi connectivity index (χ1v) is 11.5. The summed E-state index contributed by atoms with van der Waals surface area (Å²) in [6.45, 7) is 4.97. The molecule has 3 N–H and O–H groups in total. The van der Waals surface area contributed by atoms with E-state index in [1.165, 1.54) is 12.4 Å². The summed E-state index contributed by atoms with van der Waals surface area (Å²) in [7, 11) is 0. The van der Waals surface area contributed by atoms with Gasteiger partial charge >= 0.3 is 12.3 Å². The van der Waals surface area contributed by atoms with Crippen LogP contribution in [0.25, 0.3) is 11.3 Å². The minimum Gasteiger partial charge on any atom is -0.444 e. The number of aliphatic hydroxyl groups excluding tert-OH is 1. The number of carbonyl (C=O) groups excluding carboxylic acids is 1. The van der Waals surface area contributed by atoms with Crippen molar-refractivity contribution in [2.75, 3.05) is 10.6 Å². The van der Waals surface area contributed by atoms with E-state index in [-0.39, 0.29) is 11.3 Å². The van der Waals surface area contributed by atoms with Gasteiger partial charge < -0.3 is 15.2 Å². The van der Waals surface area contributed by atoms with Gasteiger partial charge in [-0.3, -0.25) is 5.32 Å². The van der Waals surface area contributed by atoms with E-state index in [9.17, 15) is 23.1 Å². The summed E-state index contributed by atoms with van der Waals surface area (Å²) in [4.78, 5) is 20.8. The summed E-state index contributed by atoms with van der Waals surface area (Å²) in [5.74, 6) is 0.413. The Kier molecular flexibility index (Phi) is 6.90. The van der Waals surface area contributed by atoms with Crippen LogP contribution in [0.1, 0.15) is 43.9 Å². The molecule has 1 aliphatic rings. The molecule has 1 atom stereocenters. The lowest BCUT2D eigenvalue weighted by Crippen LogP contribution is -2.27. The Bertz CT molecular complexity index is 1270. The molecule has 1 aromatic heterocycles. The molecule has 0 aliphatic heterocycles. The van der Waals surface area contributed by atoms with Crippen LogP contribution in [-0.4, -0.2) is 32.9 Å². The molecule has 0 fully saturated rings. The Morgan fingerprint density at radius 2 is 1.86 bits per heavy atom. The molecule has 190 valence electrons. The first-order valence-electron chi connectivity index (χ1n) is 11.5. The average Bonchev–Trinajstić information content (AvgIpc) is 2.78. The Balaban J connectivity index is 1.68. The number of fused-ring (bicyclic) bond motifs is 1. The Labute approximate surface area is 206 Å². The van der Waals surface area contributed by atoms with Crippen LogP contribution in [0, 0.1) is 0 Å². The number of anilines is 3. The number of benzene rings is 2. The Morgan fingerprint density at radius 3 is 2.58 bits per heavy atom. The van der Waals surface area contributed by atoms with Crippen molar-refractivity contribution in [3.8, 4) is 11.3 Å². The van der Waals surface area contributed by atoms with Crippen molar-refractivity contribution in [2.24, 2.45) is 0 Å². The number of ether oxygens (including phenoxy) is 1. The standard InChI is InChI=1S/C26H27F3N4O3/c1-25(2,3)36-24(35)33-22-11-16(26(27,28)29)8-10-18(22)21-13-23(31-14-30-21)32-20-6-4-5-15-7-9-17(34)12-19(15)20/h4-6,8,10-11,13-14,17,34H,7,9,12H2,1-3H3,(H,33,35)(H,30,31,32). The minimum absolute atomic E-state index is 0.0936. The van der Waals surface area contributed by atoms with Crippen molar-refractivity contribution in [1.29, 1.82) is 0 Å². The predicted molar refractivity (Wildman–Crippen MR) is 130 cm³/mol. The second-order valence-corrected chi connectivity index (χ2v) is 9.64. The first-order chi connectivity index (χ1) is 16.9. The van der Waals surface area contributed by atoms with Crippen molar-refractivity contribution in [2.45, 2.75) is 57.9 Å². The number of carbonyl (C=O) groups is 1. The maximum absolute atomic E-state index is 13.4. The average molecular weight is 501 g/mol. The van der Waals surface area contributed by atoms with Crippen molar-refractivity contribution >= 4 is 23.3 Å². The molecule has 0 saturated heterocycles. The maximum Gasteiger partial charge on any atom is 0.416 e. The van der Waals surface area contributed by atoms with Crippen molar-refractivity contribution < 1.29 is 27.8 Å². The van der Waals surface area contributed by atoms with Gasteiger partial charge in [-0.25, -0.2) is 14.8 Å². The molecule has 4 rings (SSSR count). The van der Waals surface area contributed by atoms with E-state index in [1.807, 2.05) is 18.2 Å². The molecule has 0 spiro atoms. The van der Waals surface area contributed by atoms with E-state index < -0.39 is 29.5 Å². The molecule has 1 unspecified atom stereocenters. The second kappa shape index (κ2) is 9.77. The van der Waals surface area contributed by atoms with E-state index in [4.69, 9.17) is 4.74 Å². The minimum atomic E-state index is -4.60. The molecule has 1 heterocycles. The number of rotatable bonds is 4. The molecule has 0 saturated carbocycles. The molecule has 1 aliphatic carbocycles. The fourth-order valence-electron chi connectivity index (χ4n) is 4.06. The van der Waals surface area contributed by atoms with Crippen LogP contribution in [0.15, 0.2) is 48.8 Å². The highest BCUT2D eigenvalue weighted by Crippen LogP contribution is 2.36. The zero-order chi connectivity index (χ0) is 26.1. The Morgan fingerprint density at radius 1 is 1.08 bits per heavy atom. The first kappa shape index (κ1) is 25.4. The fraction of sp³-hybridized carbons (Fsp3) is 0.346. The summed E-state index contributed by atoms with van der Waals surface area (Å²) in [6, 6.07) is 10.4. The van der Waals surface area contributed by atoms with Gasteiger partial charge in [-0.05, 0) is 62.9 Å². The van der Waals surface area contributed by atoms with E-state index in [0.29, 0.717) is 24.4 Å². The lowest BCUT2D eigenvalue weighted by atomic mass is 9.88. The smallest absolute Gasteiger partial charge is 0.416 e. The molecule has 0 radical (unpaired) electrons. The molecular formula is C26H27F3N4O3. The van der Waals surface area contributed by atoms with Crippen molar-refractivity contribution in [3.63, 3.8) is 0 Å².